The van der Waals surface area contributed by atoms with Crippen molar-refractivity contribution in [2.45, 2.75) is 32.2 Å². The lowest BCUT2D eigenvalue weighted by Crippen LogP contribution is -2.54. The van der Waals surface area contributed by atoms with Gasteiger partial charge in [-0.3, -0.25) is 0 Å². The lowest BCUT2D eigenvalue weighted by molar-refractivity contribution is 0.171. The minimum atomic E-state index is -3.59. The fourth-order valence-electron chi connectivity index (χ4n) is 1.25. The van der Waals surface area contributed by atoms with Crippen LogP contribution in [0.25, 0.3) is 0 Å². The average molecular weight is 254 g/mol. The Hall–Kier alpha value is -0.210. The fraction of sp³-hybridized carbons (Fsp3) is 1.00. The van der Waals surface area contributed by atoms with Crippen molar-refractivity contribution in [2.75, 3.05) is 26.9 Å². The first-order chi connectivity index (χ1) is 7.45. The van der Waals surface area contributed by atoms with Gasteiger partial charge in [-0.1, -0.05) is 13.8 Å². The summed E-state index contributed by atoms with van der Waals surface area (Å²) < 4.78 is 32.8. The second kappa shape index (κ2) is 7.18. The fourth-order valence-corrected chi connectivity index (χ4v) is 2.60. The van der Waals surface area contributed by atoms with Gasteiger partial charge in [0.05, 0.1) is 18.8 Å². The highest BCUT2D eigenvalue weighted by atomic mass is 32.2. The third kappa shape index (κ3) is 5.22. The van der Waals surface area contributed by atoms with Crippen LogP contribution in [0, 0.1) is 0 Å². The van der Waals surface area contributed by atoms with Gasteiger partial charge in [0.2, 0.25) is 0 Å². The van der Waals surface area contributed by atoms with Crippen molar-refractivity contribution in [3.05, 3.63) is 0 Å². The summed E-state index contributed by atoms with van der Waals surface area (Å²) >= 11 is 0. The largest absolute Gasteiger partial charge is 0.394 e. The van der Waals surface area contributed by atoms with Gasteiger partial charge in [0.25, 0.3) is 10.2 Å². The summed E-state index contributed by atoms with van der Waals surface area (Å²) in [4.78, 5) is 0. The summed E-state index contributed by atoms with van der Waals surface area (Å²) in [7, 11) is -2.09. The summed E-state index contributed by atoms with van der Waals surface area (Å²) in [5.74, 6) is 0. The molecular formula is C9H22N2O4S. The topological polar surface area (TPSA) is 87.7 Å². The van der Waals surface area contributed by atoms with Gasteiger partial charge in [0.1, 0.15) is 0 Å². The van der Waals surface area contributed by atoms with Crippen LogP contribution >= 0.6 is 0 Å². The Morgan fingerprint density at radius 1 is 1.31 bits per heavy atom. The van der Waals surface area contributed by atoms with Gasteiger partial charge in [-0.25, -0.2) is 0 Å². The van der Waals surface area contributed by atoms with E-state index in [-0.39, 0.29) is 13.2 Å². The smallest absolute Gasteiger partial charge is 0.277 e. The van der Waals surface area contributed by atoms with Gasteiger partial charge in [-0.05, 0) is 12.8 Å². The molecule has 0 aromatic heterocycles. The third-order valence-electron chi connectivity index (χ3n) is 2.61. The van der Waals surface area contributed by atoms with Crippen LogP contribution in [-0.4, -0.2) is 45.9 Å². The molecule has 0 aliphatic rings. The predicted octanol–water partition coefficient (Wildman–Crippen LogP) is -0.392. The van der Waals surface area contributed by atoms with E-state index >= 15 is 0 Å². The molecule has 0 bridgehead atoms. The lowest BCUT2D eigenvalue weighted by atomic mass is 9.96. The zero-order chi connectivity index (χ0) is 12.7. The highest BCUT2D eigenvalue weighted by Gasteiger charge is 2.30. The van der Waals surface area contributed by atoms with E-state index in [4.69, 9.17) is 4.74 Å². The van der Waals surface area contributed by atoms with Crippen molar-refractivity contribution in [3.63, 3.8) is 0 Å². The Balaban J connectivity index is 4.42. The van der Waals surface area contributed by atoms with Crippen molar-refractivity contribution in [3.8, 4) is 0 Å². The second-order valence-electron chi connectivity index (χ2n) is 3.64. The molecule has 0 aromatic rings. The molecule has 0 aromatic carbocycles. The molecule has 0 heterocycles. The summed E-state index contributed by atoms with van der Waals surface area (Å²) in [5, 5.41) is 9.23. The first-order valence-corrected chi connectivity index (χ1v) is 6.82. The standard InChI is InChI=1S/C9H22N2O4S/c1-4-9(5-2,8-12)11-16(13,14)10-6-7-15-3/h10-12H,4-8H2,1-3H3. The van der Waals surface area contributed by atoms with Crippen molar-refractivity contribution >= 4 is 10.2 Å². The summed E-state index contributed by atoms with van der Waals surface area (Å²) in [6.45, 7) is 3.96. The molecule has 0 saturated heterocycles. The van der Waals surface area contributed by atoms with Crippen molar-refractivity contribution in [1.29, 1.82) is 0 Å². The first kappa shape index (κ1) is 15.8. The molecule has 0 radical (unpaired) electrons. The van der Waals surface area contributed by atoms with E-state index in [0.29, 0.717) is 19.4 Å². The molecule has 0 atom stereocenters. The maximum Gasteiger partial charge on any atom is 0.277 e. The molecular weight excluding hydrogens is 232 g/mol. The predicted molar refractivity (Wildman–Crippen MR) is 62.3 cm³/mol. The number of ether oxygens (including phenoxy) is 1. The molecule has 0 amide bonds. The van der Waals surface area contributed by atoms with Crippen LogP contribution in [-0.2, 0) is 14.9 Å². The number of aliphatic hydroxyl groups is 1. The molecule has 0 aliphatic heterocycles. The average Bonchev–Trinajstić information content (AvgIpc) is 2.26. The molecule has 98 valence electrons. The van der Waals surface area contributed by atoms with Crippen LogP contribution in [0.4, 0.5) is 0 Å². The zero-order valence-corrected chi connectivity index (χ0v) is 10.9. The Morgan fingerprint density at radius 3 is 2.25 bits per heavy atom. The number of nitrogens with one attached hydrogen (secondary N) is 2. The van der Waals surface area contributed by atoms with Gasteiger partial charge in [0.15, 0.2) is 0 Å². The third-order valence-corrected chi connectivity index (χ3v) is 3.89. The second-order valence-corrected chi connectivity index (χ2v) is 5.14. The zero-order valence-electron chi connectivity index (χ0n) is 10.1. The Bertz CT molecular complexity index is 267. The Labute approximate surface area is 97.6 Å². The van der Waals surface area contributed by atoms with Gasteiger partial charge < -0.3 is 9.84 Å². The molecule has 0 saturated carbocycles. The molecule has 0 aliphatic carbocycles. The van der Waals surface area contributed by atoms with Gasteiger partial charge in [-0.15, -0.1) is 0 Å². The lowest BCUT2D eigenvalue weighted by Gasteiger charge is -2.30. The van der Waals surface area contributed by atoms with Gasteiger partial charge in [0, 0.05) is 13.7 Å². The van der Waals surface area contributed by atoms with Crippen molar-refractivity contribution in [2.24, 2.45) is 0 Å². The molecule has 16 heavy (non-hydrogen) atoms. The molecule has 0 spiro atoms. The number of aliphatic hydroxyl groups excluding tert-OH is 1. The highest BCUT2D eigenvalue weighted by molar-refractivity contribution is 7.87. The van der Waals surface area contributed by atoms with Gasteiger partial charge >= 0.3 is 0 Å². The van der Waals surface area contributed by atoms with Crippen LogP contribution in [0.15, 0.2) is 0 Å². The summed E-state index contributed by atoms with van der Waals surface area (Å²) in [6, 6.07) is 0. The molecule has 3 N–H and O–H groups in total. The number of hydrogen-bond donors (Lipinski definition) is 3. The maximum atomic E-state index is 11.6. The van der Waals surface area contributed by atoms with Crippen molar-refractivity contribution in [1.82, 2.24) is 9.44 Å². The van der Waals surface area contributed by atoms with Crippen LogP contribution < -0.4 is 9.44 Å². The Kier molecular flexibility index (Phi) is 7.09. The maximum absolute atomic E-state index is 11.6. The van der Waals surface area contributed by atoms with E-state index < -0.39 is 15.7 Å². The molecule has 0 unspecified atom stereocenters. The van der Waals surface area contributed by atoms with E-state index in [1.165, 1.54) is 7.11 Å². The minimum Gasteiger partial charge on any atom is -0.394 e. The number of rotatable bonds is 9. The quantitative estimate of drug-likeness (QED) is 0.489. The summed E-state index contributed by atoms with van der Waals surface area (Å²) in [6.07, 6.45) is 1.07. The van der Waals surface area contributed by atoms with E-state index in [9.17, 15) is 13.5 Å². The van der Waals surface area contributed by atoms with Crippen LogP contribution in [0.1, 0.15) is 26.7 Å². The molecule has 7 heteroatoms. The van der Waals surface area contributed by atoms with Crippen LogP contribution in [0.3, 0.4) is 0 Å². The van der Waals surface area contributed by atoms with E-state index in [1.54, 1.807) is 0 Å². The van der Waals surface area contributed by atoms with E-state index in [1.807, 2.05) is 13.8 Å². The van der Waals surface area contributed by atoms with Gasteiger partial charge in [-0.2, -0.15) is 17.9 Å². The first-order valence-electron chi connectivity index (χ1n) is 5.33. The van der Waals surface area contributed by atoms with E-state index in [2.05, 4.69) is 9.44 Å². The normalized spacial score (nSPS) is 13.0. The SMILES string of the molecule is CCC(CC)(CO)NS(=O)(=O)NCCOC. The number of hydrogen-bond acceptors (Lipinski definition) is 4. The monoisotopic (exact) mass is 254 g/mol. The Morgan fingerprint density at radius 2 is 1.88 bits per heavy atom. The highest BCUT2D eigenvalue weighted by Crippen LogP contribution is 2.14. The molecule has 0 fully saturated rings. The number of methoxy groups -OCH3 is 1. The van der Waals surface area contributed by atoms with Crippen LogP contribution in [0.5, 0.6) is 0 Å². The van der Waals surface area contributed by atoms with Crippen molar-refractivity contribution < 1.29 is 18.3 Å². The minimum absolute atomic E-state index is 0.209. The molecule has 0 rings (SSSR count). The van der Waals surface area contributed by atoms with E-state index in [0.717, 1.165) is 0 Å². The van der Waals surface area contributed by atoms with Crippen LogP contribution in [0.2, 0.25) is 0 Å². The summed E-state index contributed by atoms with van der Waals surface area (Å²) in [5.41, 5.74) is -0.779. The molecule has 6 nitrogen and oxygen atoms in total.